The Kier molecular flexibility index (Phi) is 13.3. The zero-order valence-corrected chi connectivity index (χ0v) is 22.1. The Labute approximate surface area is 208 Å². The predicted octanol–water partition coefficient (Wildman–Crippen LogP) is 5.02. The van der Waals surface area contributed by atoms with Crippen LogP contribution in [0.15, 0.2) is 64.5 Å². The van der Waals surface area contributed by atoms with E-state index in [0.717, 1.165) is 43.3 Å². The van der Waals surface area contributed by atoms with Crippen molar-refractivity contribution in [3.63, 3.8) is 0 Å². The normalized spacial score (nSPS) is 11.9. The topological polar surface area (TPSA) is 56.7 Å². The third-order valence-electron chi connectivity index (χ3n) is 4.65. The number of halogens is 1. The molecule has 1 amide bonds. The lowest BCUT2D eigenvalue weighted by molar-refractivity contribution is 0.0773. The molecule has 1 unspecified atom stereocenters. The van der Waals surface area contributed by atoms with E-state index in [9.17, 15) is 4.79 Å². The van der Waals surface area contributed by atoms with Crippen molar-refractivity contribution >= 4 is 47.6 Å². The number of carbonyl (C=O) groups is 1. The van der Waals surface area contributed by atoms with Crippen LogP contribution in [0.25, 0.3) is 0 Å². The largest absolute Gasteiger partial charge is 0.357 e. The van der Waals surface area contributed by atoms with Gasteiger partial charge in [0.1, 0.15) is 0 Å². The highest BCUT2D eigenvalue weighted by Crippen LogP contribution is 2.21. The Morgan fingerprint density at radius 2 is 1.65 bits per heavy atom. The van der Waals surface area contributed by atoms with Crippen LogP contribution in [-0.4, -0.2) is 48.2 Å². The van der Waals surface area contributed by atoms with E-state index in [1.165, 1.54) is 4.90 Å². The van der Waals surface area contributed by atoms with Crippen molar-refractivity contribution in [1.82, 2.24) is 15.5 Å². The van der Waals surface area contributed by atoms with Crippen molar-refractivity contribution in [1.29, 1.82) is 0 Å². The summed E-state index contributed by atoms with van der Waals surface area (Å²) in [6.07, 6.45) is 0. The smallest absolute Gasteiger partial charge is 0.253 e. The molecule has 2 aromatic rings. The molecule has 0 saturated carbocycles. The van der Waals surface area contributed by atoms with E-state index in [1.807, 2.05) is 60.8 Å². The van der Waals surface area contributed by atoms with E-state index in [-0.39, 0.29) is 29.9 Å². The molecule has 7 heteroatoms. The highest BCUT2D eigenvalue weighted by atomic mass is 127. The van der Waals surface area contributed by atoms with Crippen LogP contribution in [0.4, 0.5) is 0 Å². The second kappa shape index (κ2) is 15.1. The Hall–Kier alpha value is -1.74. The zero-order chi connectivity index (χ0) is 21.8. The standard InChI is InChI=1S/C24H34N4OS.HI/c1-5-25-24(26-17-19(4)30-22-11-9-8-10-12-22)27-18-20-13-15-21(16-14-20)23(29)28(6-2)7-3;/h8-16,19H,5-7,17-18H2,1-4H3,(H2,25,26,27);1H. The average Bonchev–Trinajstić information content (AvgIpc) is 2.77. The lowest BCUT2D eigenvalue weighted by Gasteiger charge is -2.18. The predicted molar refractivity (Wildman–Crippen MR) is 144 cm³/mol. The Morgan fingerprint density at radius 1 is 1.00 bits per heavy atom. The third kappa shape index (κ3) is 9.51. The molecular formula is C24H35IN4OS. The first kappa shape index (κ1) is 27.3. The zero-order valence-electron chi connectivity index (χ0n) is 18.9. The van der Waals surface area contributed by atoms with Gasteiger partial charge in [0.15, 0.2) is 5.96 Å². The molecule has 0 bridgehead atoms. The number of benzene rings is 2. The summed E-state index contributed by atoms with van der Waals surface area (Å²) < 4.78 is 0. The van der Waals surface area contributed by atoms with Crippen molar-refractivity contribution in [2.75, 3.05) is 26.2 Å². The molecule has 170 valence electrons. The van der Waals surface area contributed by atoms with Crippen LogP contribution >= 0.6 is 35.7 Å². The molecule has 2 N–H and O–H groups in total. The van der Waals surface area contributed by atoms with E-state index < -0.39 is 0 Å². The highest BCUT2D eigenvalue weighted by molar-refractivity contribution is 14.0. The van der Waals surface area contributed by atoms with Gasteiger partial charge in [-0.2, -0.15) is 0 Å². The highest BCUT2D eigenvalue weighted by Gasteiger charge is 2.12. The van der Waals surface area contributed by atoms with Crippen LogP contribution in [0.2, 0.25) is 0 Å². The number of thioether (sulfide) groups is 1. The lowest BCUT2D eigenvalue weighted by Crippen LogP contribution is -2.40. The van der Waals surface area contributed by atoms with Gasteiger partial charge in [-0.3, -0.25) is 4.79 Å². The van der Waals surface area contributed by atoms with Crippen LogP contribution in [0.1, 0.15) is 43.6 Å². The van der Waals surface area contributed by atoms with Gasteiger partial charge in [0.2, 0.25) is 0 Å². The van der Waals surface area contributed by atoms with Crippen molar-refractivity contribution in [2.24, 2.45) is 4.99 Å². The minimum absolute atomic E-state index is 0. The summed E-state index contributed by atoms with van der Waals surface area (Å²) in [5.74, 6) is 0.885. The van der Waals surface area contributed by atoms with E-state index in [1.54, 1.807) is 0 Å². The molecule has 0 fully saturated rings. The molecule has 0 saturated heterocycles. The van der Waals surface area contributed by atoms with Gasteiger partial charge in [0, 0.05) is 41.9 Å². The summed E-state index contributed by atoms with van der Waals surface area (Å²) in [5.41, 5.74) is 1.80. The van der Waals surface area contributed by atoms with E-state index in [4.69, 9.17) is 4.99 Å². The SMILES string of the molecule is CCNC(=NCc1ccc(C(=O)N(CC)CC)cc1)NCC(C)Sc1ccccc1.I. The minimum Gasteiger partial charge on any atom is -0.357 e. The van der Waals surface area contributed by atoms with Gasteiger partial charge in [-0.15, -0.1) is 35.7 Å². The molecule has 31 heavy (non-hydrogen) atoms. The maximum Gasteiger partial charge on any atom is 0.253 e. The number of hydrogen-bond donors (Lipinski definition) is 2. The summed E-state index contributed by atoms with van der Waals surface area (Å²) in [7, 11) is 0. The van der Waals surface area contributed by atoms with E-state index in [0.29, 0.717) is 11.8 Å². The van der Waals surface area contributed by atoms with Crippen LogP contribution in [0.3, 0.4) is 0 Å². The molecule has 0 spiro atoms. The van der Waals surface area contributed by atoms with Crippen LogP contribution in [0, 0.1) is 0 Å². The van der Waals surface area contributed by atoms with Crippen LogP contribution in [-0.2, 0) is 6.54 Å². The van der Waals surface area contributed by atoms with Gasteiger partial charge in [-0.05, 0) is 50.6 Å². The molecule has 0 aliphatic heterocycles. The quantitative estimate of drug-likeness (QED) is 0.188. The van der Waals surface area contributed by atoms with Gasteiger partial charge in [0.25, 0.3) is 5.91 Å². The summed E-state index contributed by atoms with van der Waals surface area (Å²) >= 11 is 1.85. The third-order valence-corrected chi connectivity index (χ3v) is 5.77. The number of rotatable bonds is 10. The maximum atomic E-state index is 12.4. The lowest BCUT2D eigenvalue weighted by atomic mass is 10.1. The first-order valence-electron chi connectivity index (χ1n) is 10.7. The molecule has 2 rings (SSSR count). The summed E-state index contributed by atoms with van der Waals surface area (Å²) in [4.78, 5) is 20.2. The van der Waals surface area contributed by atoms with Crippen molar-refractivity contribution in [3.05, 3.63) is 65.7 Å². The van der Waals surface area contributed by atoms with Crippen LogP contribution in [0.5, 0.6) is 0 Å². The Bertz CT molecular complexity index is 795. The number of guanidine groups is 1. The Balaban J connectivity index is 0.00000480. The first-order chi connectivity index (χ1) is 14.6. The molecule has 0 heterocycles. The minimum atomic E-state index is 0. The van der Waals surface area contributed by atoms with Crippen molar-refractivity contribution in [3.8, 4) is 0 Å². The number of amides is 1. The number of hydrogen-bond acceptors (Lipinski definition) is 3. The molecule has 0 aromatic heterocycles. The molecule has 0 aliphatic rings. The number of nitrogens with one attached hydrogen (secondary N) is 2. The second-order valence-corrected chi connectivity index (χ2v) is 8.50. The number of aliphatic imine (C=N–C) groups is 1. The molecule has 2 aromatic carbocycles. The van der Waals surface area contributed by atoms with Crippen molar-refractivity contribution < 1.29 is 4.79 Å². The van der Waals surface area contributed by atoms with E-state index >= 15 is 0 Å². The fourth-order valence-corrected chi connectivity index (χ4v) is 3.92. The molecule has 5 nitrogen and oxygen atoms in total. The van der Waals surface area contributed by atoms with Gasteiger partial charge < -0.3 is 15.5 Å². The van der Waals surface area contributed by atoms with Gasteiger partial charge in [-0.1, -0.05) is 37.3 Å². The van der Waals surface area contributed by atoms with Gasteiger partial charge in [0.05, 0.1) is 6.54 Å². The fourth-order valence-electron chi connectivity index (χ4n) is 2.97. The average molecular weight is 555 g/mol. The summed E-state index contributed by atoms with van der Waals surface area (Å²) in [6, 6.07) is 18.2. The molecule has 1 atom stereocenters. The number of nitrogens with zero attached hydrogens (tertiary/aromatic N) is 2. The monoisotopic (exact) mass is 554 g/mol. The first-order valence-corrected chi connectivity index (χ1v) is 11.6. The Morgan fingerprint density at radius 3 is 2.23 bits per heavy atom. The van der Waals surface area contributed by atoms with Crippen molar-refractivity contribution in [2.45, 2.75) is 44.4 Å². The molecular weight excluding hydrogens is 519 g/mol. The number of carbonyl (C=O) groups excluding carboxylic acids is 1. The van der Waals surface area contributed by atoms with Gasteiger partial charge >= 0.3 is 0 Å². The second-order valence-electron chi connectivity index (χ2n) is 6.99. The fraction of sp³-hybridized carbons (Fsp3) is 0.417. The maximum absolute atomic E-state index is 12.4. The molecule has 0 radical (unpaired) electrons. The summed E-state index contributed by atoms with van der Waals surface area (Å²) in [5, 5.41) is 7.15. The molecule has 0 aliphatic carbocycles. The van der Waals surface area contributed by atoms with Crippen LogP contribution < -0.4 is 10.6 Å². The van der Waals surface area contributed by atoms with E-state index in [2.05, 4.69) is 48.7 Å². The van der Waals surface area contributed by atoms with Gasteiger partial charge in [-0.25, -0.2) is 4.99 Å². The summed E-state index contributed by atoms with van der Waals surface area (Å²) in [6.45, 7) is 11.9.